The Morgan fingerprint density at radius 1 is 0.897 bits per heavy atom. The number of anilines is 2. The lowest BCUT2D eigenvalue weighted by Crippen LogP contribution is -2.43. The lowest BCUT2D eigenvalue weighted by molar-refractivity contribution is 0.259. The average molecular weight is 402 g/mol. The van der Waals surface area contributed by atoms with Gasteiger partial charge in [-0.1, -0.05) is 36.4 Å². The quantitative estimate of drug-likeness (QED) is 0.514. The number of nitrogens with one attached hydrogen (secondary N) is 1. The number of aryl methyl sites for hydroxylation is 2. The van der Waals surface area contributed by atoms with Gasteiger partial charge in [0.1, 0.15) is 19.7 Å². The first-order chi connectivity index (χ1) is 14.1. The second-order valence-electron chi connectivity index (χ2n) is 6.80. The van der Waals surface area contributed by atoms with E-state index in [-0.39, 0.29) is 6.03 Å². The summed E-state index contributed by atoms with van der Waals surface area (Å²) in [5.41, 5.74) is 3.36. The second kappa shape index (κ2) is 6.90. The molecule has 5 rings (SSSR count). The molecule has 29 heavy (non-hydrogen) atoms. The van der Waals surface area contributed by atoms with Crippen molar-refractivity contribution < 1.29 is 9.21 Å². The van der Waals surface area contributed by atoms with Gasteiger partial charge < -0.3 is 4.42 Å². The topological polar surface area (TPSA) is 63.3 Å². The van der Waals surface area contributed by atoms with E-state index in [1.807, 2.05) is 86.6 Å². The molecule has 1 N–H and O–H groups in total. The molecule has 2 amide bonds. The first-order valence-electron chi connectivity index (χ1n) is 9.31. The molecule has 6 nitrogen and oxygen atoms in total. The predicted molar refractivity (Wildman–Crippen MR) is 116 cm³/mol. The molecule has 2 aromatic heterocycles. The molecule has 0 saturated carbocycles. The van der Waals surface area contributed by atoms with Crippen LogP contribution in [0, 0.1) is 13.8 Å². The maximum Gasteiger partial charge on any atom is 0.331 e. The molecule has 0 radical (unpaired) electrons. The van der Waals surface area contributed by atoms with Crippen LogP contribution < -0.4 is 20.8 Å². The predicted octanol–water partition coefficient (Wildman–Crippen LogP) is 4.48. The zero-order chi connectivity index (χ0) is 20.0. The number of urea groups is 1. The third-order valence-corrected chi connectivity index (χ3v) is 7.22. The molecule has 1 aliphatic rings. The number of hydrogen-bond acceptors (Lipinski definition) is 3. The van der Waals surface area contributed by atoms with E-state index >= 15 is 0 Å². The Morgan fingerprint density at radius 3 is 2.17 bits per heavy atom. The fourth-order valence-electron chi connectivity index (χ4n) is 3.53. The molecular weight excluding hydrogens is 383 g/mol. The number of benzene rings is 2. The van der Waals surface area contributed by atoms with E-state index in [0.29, 0.717) is 5.82 Å². The van der Waals surface area contributed by atoms with Crippen molar-refractivity contribution in [1.82, 2.24) is 9.78 Å². The Labute approximate surface area is 169 Å². The Balaban J connectivity index is 1.74. The lowest BCUT2D eigenvalue weighted by atomic mass is 10.3. The van der Waals surface area contributed by atoms with Crippen molar-refractivity contribution in [3.63, 3.8) is 0 Å². The van der Waals surface area contributed by atoms with E-state index in [0.717, 1.165) is 33.6 Å². The van der Waals surface area contributed by atoms with Gasteiger partial charge in [-0.05, 0) is 50.2 Å². The summed E-state index contributed by atoms with van der Waals surface area (Å²) >= 11 is 0. The molecule has 1 aliphatic heterocycles. The summed E-state index contributed by atoms with van der Waals surface area (Å²) in [6, 6.07) is 23.2. The third kappa shape index (κ3) is 2.93. The van der Waals surface area contributed by atoms with Crippen molar-refractivity contribution in [2.45, 2.75) is 13.8 Å². The zero-order valence-corrected chi connectivity index (χ0v) is 16.9. The number of amides is 2. The van der Waals surface area contributed by atoms with Crippen LogP contribution in [0.4, 0.5) is 16.3 Å². The number of carbonyl (C=O) groups is 1. The number of aromatic nitrogens is 2. The summed E-state index contributed by atoms with van der Waals surface area (Å²) in [7, 11) is -1.26. The molecule has 1 atom stereocenters. The van der Waals surface area contributed by atoms with Gasteiger partial charge in [-0.3, -0.25) is 9.99 Å². The van der Waals surface area contributed by atoms with Gasteiger partial charge in [0.15, 0.2) is 5.50 Å². The standard InChI is InChI=1S/C22H19N4O2P/c1-15-13-14-19(28-15)29-20-16(2)24-25(17-9-5-3-6-10-17)21(20)23-22(27)26(29)18-11-7-4-8-12-18/h3-14H,1-2H3,(H,23,27). The number of furan rings is 1. The summed E-state index contributed by atoms with van der Waals surface area (Å²) in [5.74, 6) is 1.52. The largest absolute Gasteiger partial charge is 0.460 e. The highest BCUT2D eigenvalue weighted by atomic mass is 31.1. The average Bonchev–Trinajstić information content (AvgIpc) is 3.31. The second-order valence-corrected chi connectivity index (χ2v) is 8.72. The van der Waals surface area contributed by atoms with Crippen molar-refractivity contribution in [1.29, 1.82) is 0 Å². The van der Waals surface area contributed by atoms with Gasteiger partial charge in [0.25, 0.3) is 0 Å². The van der Waals surface area contributed by atoms with Gasteiger partial charge in [0.05, 0.1) is 22.4 Å². The summed E-state index contributed by atoms with van der Waals surface area (Å²) in [6.07, 6.45) is 0. The molecule has 0 spiro atoms. The number of hydrogen-bond donors (Lipinski definition) is 1. The minimum atomic E-state index is -1.26. The maximum atomic E-state index is 13.3. The first-order valence-corrected chi connectivity index (χ1v) is 10.6. The van der Waals surface area contributed by atoms with E-state index in [1.165, 1.54) is 0 Å². The number of para-hydroxylation sites is 2. The molecule has 2 aromatic carbocycles. The minimum absolute atomic E-state index is 0.194. The number of carbonyl (C=O) groups excluding carboxylic acids is 1. The van der Waals surface area contributed by atoms with Crippen LogP contribution in [0.25, 0.3) is 5.69 Å². The maximum absolute atomic E-state index is 13.3. The first kappa shape index (κ1) is 17.7. The molecule has 7 heteroatoms. The number of fused-ring (bicyclic) bond motifs is 1. The van der Waals surface area contributed by atoms with Crippen LogP contribution in [0.1, 0.15) is 11.5 Å². The fraction of sp³-hybridized carbons (Fsp3) is 0.0909. The van der Waals surface area contributed by atoms with E-state index in [1.54, 1.807) is 9.35 Å². The van der Waals surface area contributed by atoms with Crippen molar-refractivity contribution >= 4 is 36.4 Å². The van der Waals surface area contributed by atoms with Crippen LogP contribution in [0.2, 0.25) is 0 Å². The van der Waals surface area contributed by atoms with Gasteiger partial charge in [0, 0.05) is 0 Å². The van der Waals surface area contributed by atoms with E-state index in [2.05, 4.69) is 5.32 Å². The van der Waals surface area contributed by atoms with Crippen molar-refractivity contribution in [3.8, 4) is 5.69 Å². The zero-order valence-electron chi connectivity index (χ0n) is 16.0. The normalized spacial score (nSPS) is 15.9. The highest BCUT2D eigenvalue weighted by Gasteiger charge is 2.41. The Bertz CT molecular complexity index is 1180. The van der Waals surface area contributed by atoms with Crippen LogP contribution in [0.5, 0.6) is 0 Å². The summed E-state index contributed by atoms with van der Waals surface area (Å²) in [5, 5.41) is 8.81. The highest BCUT2D eigenvalue weighted by Crippen LogP contribution is 2.48. The number of rotatable bonds is 3. The smallest absolute Gasteiger partial charge is 0.331 e. The van der Waals surface area contributed by atoms with Crippen molar-refractivity contribution in [3.05, 3.63) is 84.3 Å². The molecule has 3 heterocycles. The van der Waals surface area contributed by atoms with Crippen LogP contribution in [0.3, 0.4) is 0 Å². The van der Waals surface area contributed by atoms with Gasteiger partial charge in [-0.2, -0.15) is 5.10 Å². The fourth-order valence-corrected chi connectivity index (χ4v) is 5.89. The van der Waals surface area contributed by atoms with Gasteiger partial charge in [0.2, 0.25) is 0 Å². The minimum Gasteiger partial charge on any atom is -0.460 e. The van der Waals surface area contributed by atoms with E-state index in [4.69, 9.17) is 9.52 Å². The third-order valence-electron chi connectivity index (χ3n) is 4.79. The van der Waals surface area contributed by atoms with Gasteiger partial charge in [-0.25, -0.2) is 9.48 Å². The molecule has 144 valence electrons. The monoisotopic (exact) mass is 402 g/mol. The van der Waals surface area contributed by atoms with Crippen LogP contribution in [-0.2, 0) is 0 Å². The number of nitrogens with zero attached hydrogens (tertiary/aromatic N) is 3. The molecular formula is C22H19N4O2P. The Morgan fingerprint density at radius 2 is 1.55 bits per heavy atom. The highest BCUT2D eigenvalue weighted by molar-refractivity contribution is 7.75. The van der Waals surface area contributed by atoms with Crippen molar-refractivity contribution in [2.75, 3.05) is 9.99 Å². The molecule has 0 saturated heterocycles. The van der Waals surface area contributed by atoms with Crippen LogP contribution >= 0.6 is 8.07 Å². The van der Waals surface area contributed by atoms with E-state index in [9.17, 15) is 4.79 Å². The Hall–Kier alpha value is -3.37. The molecule has 0 aliphatic carbocycles. The van der Waals surface area contributed by atoms with Crippen LogP contribution in [-0.4, -0.2) is 15.8 Å². The van der Waals surface area contributed by atoms with Crippen molar-refractivity contribution in [2.24, 2.45) is 0 Å². The molecule has 0 bridgehead atoms. The van der Waals surface area contributed by atoms with E-state index < -0.39 is 8.07 Å². The van der Waals surface area contributed by atoms with Gasteiger partial charge >= 0.3 is 6.03 Å². The molecule has 4 aromatic rings. The molecule has 1 unspecified atom stereocenters. The summed E-state index contributed by atoms with van der Waals surface area (Å²) in [6.45, 7) is 3.89. The van der Waals surface area contributed by atoms with Crippen LogP contribution in [0.15, 0.2) is 77.2 Å². The SMILES string of the molecule is Cc1ccc(P2c3c(C)nn(-c4ccccc4)c3NC(=O)N2c2ccccc2)o1. The molecule has 0 fully saturated rings. The Kier molecular flexibility index (Phi) is 4.22. The lowest BCUT2D eigenvalue weighted by Gasteiger charge is -2.34. The van der Waals surface area contributed by atoms with Gasteiger partial charge in [-0.15, -0.1) is 0 Å². The summed E-state index contributed by atoms with van der Waals surface area (Å²) in [4.78, 5) is 13.3. The summed E-state index contributed by atoms with van der Waals surface area (Å²) < 4.78 is 9.61.